The average molecular weight is 362 g/mol. The van der Waals surface area contributed by atoms with Crippen molar-refractivity contribution >= 4 is 17.5 Å². The first-order chi connectivity index (χ1) is 13.1. The minimum Gasteiger partial charge on any atom is -0.495 e. The second kappa shape index (κ2) is 8.31. The Bertz CT molecular complexity index is 939. The monoisotopic (exact) mass is 362 g/mol. The van der Waals surface area contributed by atoms with Crippen LogP contribution in [0.25, 0.3) is 0 Å². The zero-order valence-corrected chi connectivity index (χ0v) is 15.6. The van der Waals surface area contributed by atoms with E-state index in [1.165, 1.54) is 12.4 Å². The molecule has 0 aliphatic rings. The zero-order valence-electron chi connectivity index (χ0n) is 15.6. The van der Waals surface area contributed by atoms with Crippen LogP contribution in [-0.4, -0.2) is 23.0 Å². The number of benzene rings is 2. The highest BCUT2D eigenvalue weighted by Crippen LogP contribution is 2.27. The lowest BCUT2D eigenvalue weighted by Crippen LogP contribution is -2.23. The topological polar surface area (TPSA) is 76.1 Å². The van der Waals surface area contributed by atoms with E-state index in [-0.39, 0.29) is 5.91 Å². The zero-order chi connectivity index (χ0) is 19.2. The van der Waals surface area contributed by atoms with E-state index in [1.54, 1.807) is 7.11 Å². The summed E-state index contributed by atoms with van der Waals surface area (Å²) >= 11 is 0. The molecule has 0 spiro atoms. The molecule has 0 saturated carbocycles. The molecule has 0 unspecified atom stereocenters. The summed E-state index contributed by atoms with van der Waals surface area (Å²) in [5, 5.41) is 6.01. The predicted octanol–water partition coefficient (Wildman–Crippen LogP) is 3.78. The van der Waals surface area contributed by atoms with Gasteiger partial charge in [0.1, 0.15) is 5.75 Å². The van der Waals surface area contributed by atoms with Crippen LogP contribution in [0.4, 0.5) is 11.6 Å². The summed E-state index contributed by atoms with van der Waals surface area (Å²) in [6.07, 6.45) is 3.01. The third-order valence-corrected chi connectivity index (χ3v) is 4.22. The number of hydrogen-bond acceptors (Lipinski definition) is 5. The van der Waals surface area contributed by atoms with Crippen LogP contribution >= 0.6 is 0 Å². The van der Waals surface area contributed by atoms with Crippen LogP contribution in [0.15, 0.2) is 54.9 Å². The summed E-state index contributed by atoms with van der Waals surface area (Å²) in [6.45, 7) is 4.48. The molecule has 0 aliphatic heterocycles. The maximum Gasteiger partial charge on any atom is 0.254 e. The van der Waals surface area contributed by atoms with Crippen molar-refractivity contribution < 1.29 is 9.53 Å². The number of carbonyl (C=O) groups is 1. The van der Waals surface area contributed by atoms with Crippen LogP contribution in [0.3, 0.4) is 0 Å². The molecule has 0 aliphatic carbocycles. The normalized spacial score (nSPS) is 10.3. The molecule has 2 N–H and O–H groups in total. The molecule has 138 valence electrons. The van der Waals surface area contributed by atoms with E-state index in [4.69, 9.17) is 4.74 Å². The Morgan fingerprint density at radius 2 is 1.81 bits per heavy atom. The van der Waals surface area contributed by atoms with Gasteiger partial charge in [-0.25, -0.2) is 9.97 Å². The Morgan fingerprint density at radius 1 is 1.07 bits per heavy atom. The number of aromatic nitrogens is 2. The summed E-state index contributed by atoms with van der Waals surface area (Å²) in [6, 6.07) is 13.7. The highest BCUT2D eigenvalue weighted by Gasteiger charge is 2.09. The van der Waals surface area contributed by atoms with Crippen LogP contribution in [-0.2, 0) is 6.54 Å². The molecule has 3 aromatic rings. The second-order valence-corrected chi connectivity index (χ2v) is 6.23. The van der Waals surface area contributed by atoms with E-state index in [1.807, 2.05) is 56.3 Å². The highest BCUT2D eigenvalue weighted by molar-refractivity contribution is 5.93. The summed E-state index contributed by atoms with van der Waals surface area (Å²) in [4.78, 5) is 20.8. The number of aryl methyl sites for hydroxylation is 2. The standard InChI is InChI=1S/C21H22N4O2/c1-14-8-9-19(27-3)18(10-14)25-21-23-12-17(13-24-21)20(26)22-11-16-7-5-4-6-15(16)2/h4-10,12-13H,11H2,1-3H3,(H,22,26)(H,23,24,25). The van der Waals surface area contributed by atoms with Crippen molar-refractivity contribution in [2.45, 2.75) is 20.4 Å². The van der Waals surface area contributed by atoms with Gasteiger partial charge in [0.05, 0.1) is 18.4 Å². The van der Waals surface area contributed by atoms with Gasteiger partial charge in [0, 0.05) is 18.9 Å². The van der Waals surface area contributed by atoms with Crippen molar-refractivity contribution in [1.82, 2.24) is 15.3 Å². The summed E-state index contributed by atoms with van der Waals surface area (Å²) in [5.74, 6) is 0.886. The van der Waals surface area contributed by atoms with Gasteiger partial charge in [0.15, 0.2) is 0 Å². The fourth-order valence-electron chi connectivity index (χ4n) is 2.64. The Labute approximate surface area is 158 Å². The van der Waals surface area contributed by atoms with E-state index in [0.29, 0.717) is 23.8 Å². The SMILES string of the molecule is COc1ccc(C)cc1Nc1ncc(C(=O)NCc2ccccc2C)cn1. The number of nitrogens with one attached hydrogen (secondary N) is 2. The third kappa shape index (κ3) is 4.61. The van der Waals surface area contributed by atoms with E-state index >= 15 is 0 Å². The number of anilines is 2. The molecule has 0 atom stereocenters. The first-order valence-corrected chi connectivity index (χ1v) is 8.63. The Kier molecular flexibility index (Phi) is 5.66. The lowest BCUT2D eigenvalue weighted by atomic mass is 10.1. The second-order valence-electron chi connectivity index (χ2n) is 6.23. The van der Waals surface area contributed by atoms with Gasteiger partial charge in [-0.2, -0.15) is 0 Å². The quantitative estimate of drug-likeness (QED) is 0.698. The van der Waals surface area contributed by atoms with Crippen LogP contribution < -0.4 is 15.4 Å². The van der Waals surface area contributed by atoms with E-state index in [0.717, 1.165) is 22.4 Å². The first kappa shape index (κ1) is 18.4. The molecule has 0 radical (unpaired) electrons. The van der Waals surface area contributed by atoms with Crippen LogP contribution in [0, 0.1) is 13.8 Å². The number of hydrogen-bond donors (Lipinski definition) is 2. The Balaban J connectivity index is 1.65. The molecule has 6 heteroatoms. The summed E-state index contributed by atoms with van der Waals surface area (Å²) in [5.41, 5.74) is 4.49. The van der Waals surface area contributed by atoms with Crippen molar-refractivity contribution in [3.05, 3.63) is 77.1 Å². The average Bonchev–Trinajstić information content (AvgIpc) is 2.68. The third-order valence-electron chi connectivity index (χ3n) is 4.22. The maximum atomic E-state index is 12.3. The lowest BCUT2D eigenvalue weighted by molar-refractivity contribution is 0.0950. The number of ether oxygens (including phenoxy) is 1. The Morgan fingerprint density at radius 3 is 2.52 bits per heavy atom. The van der Waals surface area contributed by atoms with E-state index < -0.39 is 0 Å². The molecule has 0 fully saturated rings. The molecule has 0 bridgehead atoms. The summed E-state index contributed by atoms with van der Waals surface area (Å²) in [7, 11) is 1.61. The van der Waals surface area contributed by atoms with Gasteiger partial charge in [-0.05, 0) is 42.7 Å². The number of carbonyl (C=O) groups excluding carboxylic acids is 1. The molecular weight excluding hydrogens is 340 g/mol. The highest BCUT2D eigenvalue weighted by atomic mass is 16.5. The van der Waals surface area contributed by atoms with Gasteiger partial charge in [-0.1, -0.05) is 30.3 Å². The molecule has 3 rings (SSSR count). The largest absolute Gasteiger partial charge is 0.495 e. The Hall–Kier alpha value is -3.41. The molecule has 0 saturated heterocycles. The smallest absolute Gasteiger partial charge is 0.254 e. The fraction of sp³-hybridized carbons (Fsp3) is 0.190. The number of methoxy groups -OCH3 is 1. The molecule has 1 aromatic heterocycles. The van der Waals surface area contributed by atoms with Gasteiger partial charge in [-0.3, -0.25) is 4.79 Å². The van der Waals surface area contributed by atoms with Crippen molar-refractivity contribution in [3.8, 4) is 5.75 Å². The minimum absolute atomic E-state index is 0.210. The lowest BCUT2D eigenvalue weighted by Gasteiger charge is -2.11. The van der Waals surface area contributed by atoms with E-state index in [9.17, 15) is 4.79 Å². The van der Waals surface area contributed by atoms with Gasteiger partial charge in [0.25, 0.3) is 5.91 Å². The van der Waals surface area contributed by atoms with Crippen LogP contribution in [0.2, 0.25) is 0 Å². The summed E-state index contributed by atoms with van der Waals surface area (Å²) < 4.78 is 5.34. The van der Waals surface area contributed by atoms with Gasteiger partial charge in [0.2, 0.25) is 5.95 Å². The molecular formula is C21H22N4O2. The van der Waals surface area contributed by atoms with Gasteiger partial charge >= 0.3 is 0 Å². The van der Waals surface area contributed by atoms with Crippen molar-refractivity contribution in [1.29, 1.82) is 0 Å². The van der Waals surface area contributed by atoms with Crippen LogP contribution in [0.1, 0.15) is 27.0 Å². The molecule has 6 nitrogen and oxygen atoms in total. The maximum absolute atomic E-state index is 12.3. The van der Waals surface area contributed by atoms with Crippen molar-refractivity contribution in [2.75, 3.05) is 12.4 Å². The van der Waals surface area contributed by atoms with Crippen molar-refractivity contribution in [2.24, 2.45) is 0 Å². The fourth-order valence-corrected chi connectivity index (χ4v) is 2.64. The number of nitrogens with zero attached hydrogens (tertiary/aromatic N) is 2. The number of amides is 1. The van der Waals surface area contributed by atoms with Gasteiger partial charge in [-0.15, -0.1) is 0 Å². The molecule has 1 heterocycles. The molecule has 27 heavy (non-hydrogen) atoms. The van der Waals surface area contributed by atoms with Crippen molar-refractivity contribution in [3.63, 3.8) is 0 Å². The number of rotatable bonds is 6. The van der Waals surface area contributed by atoms with E-state index in [2.05, 4.69) is 20.6 Å². The van der Waals surface area contributed by atoms with Gasteiger partial charge < -0.3 is 15.4 Å². The predicted molar refractivity (Wildman–Crippen MR) is 105 cm³/mol. The molecule has 1 amide bonds. The molecule has 2 aromatic carbocycles. The minimum atomic E-state index is -0.210. The van der Waals surface area contributed by atoms with Crippen LogP contribution in [0.5, 0.6) is 5.75 Å². The first-order valence-electron chi connectivity index (χ1n) is 8.63.